The Labute approximate surface area is 147 Å². The number of likely N-dealkylation sites (N-methyl/N-ethyl adjacent to an activating group) is 1. The number of carbonyl (C=O) groups excluding carboxylic acids is 2. The molecule has 1 heterocycles. The minimum absolute atomic E-state index is 0.364. The number of benzene rings is 2. The lowest BCUT2D eigenvalue weighted by atomic mass is 9.99. The van der Waals surface area contributed by atoms with Crippen LogP contribution < -0.4 is 15.0 Å². The molecule has 1 unspecified atom stereocenters. The van der Waals surface area contributed by atoms with Gasteiger partial charge < -0.3 is 15.0 Å². The van der Waals surface area contributed by atoms with E-state index >= 15 is 0 Å². The van der Waals surface area contributed by atoms with Gasteiger partial charge in [-0.3, -0.25) is 9.59 Å². The number of rotatable bonds is 3. The van der Waals surface area contributed by atoms with Gasteiger partial charge in [0.25, 0.3) is 17.4 Å². The van der Waals surface area contributed by atoms with Crippen LogP contribution in [0.1, 0.15) is 25.0 Å². The lowest BCUT2D eigenvalue weighted by Gasteiger charge is -2.39. The van der Waals surface area contributed by atoms with E-state index < -0.39 is 11.5 Å². The van der Waals surface area contributed by atoms with Gasteiger partial charge in [-0.25, -0.2) is 0 Å². The van der Waals surface area contributed by atoms with Crippen LogP contribution in [0.5, 0.6) is 5.75 Å². The first-order valence-corrected chi connectivity index (χ1v) is 8.36. The van der Waals surface area contributed by atoms with Gasteiger partial charge in [-0.2, -0.15) is 0 Å². The number of nitrogens with one attached hydrogen (secondary N) is 1. The first-order chi connectivity index (χ1) is 11.9. The Kier molecular flexibility index (Phi) is 4.25. The largest absolute Gasteiger partial charge is 0.465 e. The lowest BCUT2D eigenvalue weighted by molar-refractivity contribution is -0.145. The summed E-state index contributed by atoms with van der Waals surface area (Å²) in [4.78, 5) is 27.5. The average molecular weight is 338 g/mol. The van der Waals surface area contributed by atoms with Crippen molar-refractivity contribution in [3.63, 3.8) is 0 Å². The van der Waals surface area contributed by atoms with Crippen molar-refractivity contribution in [2.24, 2.45) is 0 Å². The molecule has 0 radical (unpaired) electrons. The fourth-order valence-corrected chi connectivity index (χ4v) is 2.98. The van der Waals surface area contributed by atoms with Crippen LogP contribution in [0.15, 0.2) is 42.5 Å². The zero-order valence-electron chi connectivity index (χ0n) is 14.9. The number of aryl methyl sites for hydroxylation is 1. The second kappa shape index (κ2) is 6.24. The summed E-state index contributed by atoms with van der Waals surface area (Å²) in [6.45, 7) is 7.78. The number of nitrogens with zero attached hydrogens (tertiary/aromatic N) is 1. The molecular weight excluding hydrogens is 316 g/mol. The molecule has 0 spiro atoms. The number of hydrogen-bond acceptors (Lipinski definition) is 3. The maximum absolute atomic E-state index is 13.0. The number of amides is 2. The van der Waals surface area contributed by atoms with Crippen molar-refractivity contribution in [2.75, 3.05) is 16.8 Å². The number of hydrogen-bond donors (Lipinski definition) is 1. The molecule has 1 aliphatic heterocycles. The molecule has 0 saturated carbocycles. The van der Waals surface area contributed by atoms with E-state index in [0.717, 1.165) is 11.1 Å². The Morgan fingerprint density at radius 2 is 1.88 bits per heavy atom. The Hall–Kier alpha value is -2.82. The molecule has 0 saturated heterocycles. The monoisotopic (exact) mass is 338 g/mol. The Morgan fingerprint density at radius 1 is 1.16 bits per heavy atom. The maximum atomic E-state index is 13.0. The van der Waals surface area contributed by atoms with Gasteiger partial charge in [-0.1, -0.05) is 24.3 Å². The van der Waals surface area contributed by atoms with Crippen LogP contribution in [0.2, 0.25) is 0 Å². The predicted molar refractivity (Wildman–Crippen MR) is 98.0 cm³/mol. The third kappa shape index (κ3) is 2.76. The van der Waals surface area contributed by atoms with Crippen molar-refractivity contribution >= 4 is 23.2 Å². The molecule has 5 heteroatoms. The zero-order valence-corrected chi connectivity index (χ0v) is 14.9. The van der Waals surface area contributed by atoms with E-state index in [1.807, 2.05) is 57.2 Å². The van der Waals surface area contributed by atoms with Crippen LogP contribution >= 0.6 is 0 Å². The molecule has 130 valence electrons. The molecule has 0 aromatic heterocycles. The molecule has 5 nitrogen and oxygen atoms in total. The summed E-state index contributed by atoms with van der Waals surface area (Å²) in [7, 11) is 0. The number of anilines is 2. The van der Waals surface area contributed by atoms with Crippen LogP contribution in [-0.2, 0) is 9.59 Å². The van der Waals surface area contributed by atoms with Gasteiger partial charge in [0.05, 0.1) is 5.69 Å². The first kappa shape index (κ1) is 17.0. The van der Waals surface area contributed by atoms with E-state index in [9.17, 15) is 9.59 Å². The van der Waals surface area contributed by atoms with Gasteiger partial charge in [0.15, 0.2) is 0 Å². The zero-order chi connectivity index (χ0) is 18.2. The average Bonchev–Trinajstić information content (AvgIpc) is 2.60. The third-order valence-electron chi connectivity index (χ3n) is 4.73. The minimum Gasteiger partial charge on any atom is -0.465 e. The van der Waals surface area contributed by atoms with Crippen LogP contribution in [0.4, 0.5) is 11.4 Å². The van der Waals surface area contributed by atoms with Gasteiger partial charge in [0.2, 0.25) is 0 Å². The van der Waals surface area contributed by atoms with E-state index in [-0.39, 0.29) is 5.91 Å². The molecule has 2 aromatic rings. The maximum Gasteiger partial charge on any atom is 0.280 e. The molecule has 1 N–H and O–H groups in total. The second-order valence-electron chi connectivity index (χ2n) is 6.35. The van der Waals surface area contributed by atoms with Crippen molar-refractivity contribution in [3.05, 3.63) is 53.6 Å². The summed E-state index contributed by atoms with van der Waals surface area (Å²) >= 11 is 0. The summed E-state index contributed by atoms with van der Waals surface area (Å²) in [5.41, 5.74) is 1.80. The standard InChI is InChI=1S/C20H22N2O3/c1-5-22-16-11-6-7-12-17(16)25-20(4,19(22)24)18(23)21-15-10-8-9-13(2)14(15)3/h6-12H,5H2,1-4H3,(H,21,23). The van der Waals surface area contributed by atoms with E-state index in [0.29, 0.717) is 23.7 Å². The summed E-state index contributed by atoms with van der Waals surface area (Å²) in [5.74, 6) is -0.307. The van der Waals surface area contributed by atoms with E-state index in [2.05, 4.69) is 5.32 Å². The highest BCUT2D eigenvalue weighted by atomic mass is 16.5. The number of para-hydroxylation sites is 2. The van der Waals surface area contributed by atoms with Crippen molar-refractivity contribution < 1.29 is 14.3 Å². The van der Waals surface area contributed by atoms with E-state index in [1.54, 1.807) is 11.0 Å². The molecule has 2 aromatic carbocycles. The molecule has 0 bridgehead atoms. The van der Waals surface area contributed by atoms with Crippen molar-refractivity contribution in [1.82, 2.24) is 0 Å². The molecule has 1 aliphatic rings. The topological polar surface area (TPSA) is 58.6 Å². The first-order valence-electron chi connectivity index (χ1n) is 8.36. The molecule has 0 fully saturated rings. The fraction of sp³-hybridized carbons (Fsp3) is 0.300. The highest BCUT2D eigenvalue weighted by Crippen LogP contribution is 2.38. The molecule has 3 rings (SSSR count). The van der Waals surface area contributed by atoms with E-state index in [1.165, 1.54) is 6.92 Å². The van der Waals surface area contributed by atoms with Gasteiger partial charge in [0, 0.05) is 12.2 Å². The fourth-order valence-electron chi connectivity index (χ4n) is 2.98. The number of fused-ring (bicyclic) bond motifs is 1. The normalized spacial score (nSPS) is 19.2. The van der Waals surface area contributed by atoms with Crippen LogP contribution in [0.25, 0.3) is 0 Å². The van der Waals surface area contributed by atoms with Crippen LogP contribution in [-0.4, -0.2) is 24.0 Å². The predicted octanol–water partition coefficient (Wildman–Crippen LogP) is 3.45. The summed E-state index contributed by atoms with van der Waals surface area (Å²) < 4.78 is 5.86. The Balaban J connectivity index is 1.96. The highest BCUT2D eigenvalue weighted by molar-refractivity contribution is 6.19. The van der Waals surface area contributed by atoms with Crippen molar-refractivity contribution in [1.29, 1.82) is 0 Å². The second-order valence-corrected chi connectivity index (χ2v) is 6.35. The molecule has 2 amide bonds. The molecule has 1 atom stereocenters. The van der Waals surface area contributed by atoms with Crippen molar-refractivity contribution in [3.8, 4) is 5.75 Å². The number of ether oxygens (including phenoxy) is 1. The van der Waals surface area contributed by atoms with Gasteiger partial charge >= 0.3 is 0 Å². The SMILES string of the molecule is CCN1C(=O)C(C)(C(=O)Nc2cccc(C)c2C)Oc2ccccc21. The summed E-state index contributed by atoms with van der Waals surface area (Å²) in [6.07, 6.45) is 0. The number of carbonyl (C=O) groups is 2. The quantitative estimate of drug-likeness (QED) is 0.872. The molecular formula is C20H22N2O3. The third-order valence-corrected chi connectivity index (χ3v) is 4.73. The van der Waals surface area contributed by atoms with Crippen molar-refractivity contribution in [2.45, 2.75) is 33.3 Å². The smallest absolute Gasteiger partial charge is 0.280 e. The summed E-state index contributed by atoms with van der Waals surface area (Å²) in [5, 5.41) is 2.86. The van der Waals surface area contributed by atoms with E-state index in [4.69, 9.17) is 4.74 Å². The lowest BCUT2D eigenvalue weighted by Crippen LogP contribution is -2.60. The highest BCUT2D eigenvalue weighted by Gasteiger charge is 2.50. The van der Waals surface area contributed by atoms with Gasteiger partial charge in [-0.05, 0) is 57.0 Å². The Bertz CT molecular complexity index is 847. The molecule has 25 heavy (non-hydrogen) atoms. The van der Waals surface area contributed by atoms with Crippen LogP contribution in [0.3, 0.4) is 0 Å². The minimum atomic E-state index is -1.61. The summed E-state index contributed by atoms with van der Waals surface area (Å²) in [6, 6.07) is 12.9. The van der Waals surface area contributed by atoms with Gasteiger partial charge in [0.1, 0.15) is 5.75 Å². The van der Waals surface area contributed by atoms with Crippen LogP contribution in [0, 0.1) is 13.8 Å². The Morgan fingerprint density at radius 3 is 2.60 bits per heavy atom. The van der Waals surface area contributed by atoms with Gasteiger partial charge in [-0.15, -0.1) is 0 Å². The molecule has 0 aliphatic carbocycles.